The number of aromatic carboxylic acids is 3. The van der Waals surface area contributed by atoms with E-state index in [1.54, 1.807) is 0 Å². The summed E-state index contributed by atoms with van der Waals surface area (Å²) >= 11 is 0. The Kier molecular flexibility index (Phi) is 28.2. The van der Waals surface area contributed by atoms with Crippen molar-refractivity contribution in [1.29, 1.82) is 0 Å². The second-order valence-electron chi connectivity index (χ2n) is 8.38. The fourth-order valence-electron chi connectivity index (χ4n) is 3.86. The first-order valence-corrected chi connectivity index (χ1v) is 12.0. The van der Waals surface area contributed by atoms with E-state index in [9.17, 15) is 29.7 Å². The summed E-state index contributed by atoms with van der Waals surface area (Å²) in [5.41, 5.74) is -1.45. The molecule has 0 atom stereocenters. The van der Waals surface area contributed by atoms with Crippen molar-refractivity contribution in [2.45, 2.75) is 96.8 Å². The normalized spacial score (nSPS) is 9.86. The second-order valence-corrected chi connectivity index (χ2v) is 8.38. The maximum atomic E-state index is 11.4. The third-order valence-corrected chi connectivity index (χ3v) is 5.67. The summed E-state index contributed by atoms with van der Waals surface area (Å²) in [6.07, 6.45) is 17.6. The molecule has 0 aliphatic carbocycles. The molecular formula is C25H42NNa3O6. The number of carbonyl (C=O) groups is 3. The molecule has 0 saturated carbocycles. The number of benzene rings is 1. The zero-order valence-electron chi connectivity index (χ0n) is 25.3. The molecular weight excluding hydrogens is 479 g/mol. The molecule has 186 valence electrons. The van der Waals surface area contributed by atoms with Crippen molar-refractivity contribution >= 4 is 23.6 Å². The molecule has 0 bridgehead atoms. The smallest absolute Gasteiger partial charge is 1.00 e. The summed E-state index contributed by atoms with van der Waals surface area (Å²) in [6.45, 7) is 2.81. The van der Waals surface area contributed by atoms with Crippen molar-refractivity contribution in [3.8, 4) is 0 Å². The minimum Gasteiger partial charge on any atom is -1.00 e. The van der Waals surface area contributed by atoms with E-state index >= 15 is 0 Å². The van der Waals surface area contributed by atoms with Crippen molar-refractivity contribution in [3.63, 3.8) is 0 Å². The van der Waals surface area contributed by atoms with Gasteiger partial charge in [0.25, 0.3) is 0 Å². The quantitative estimate of drug-likeness (QED) is 0.123. The molecule has 0 aliphatic rings. The minimum atomic E-state index is -1.57. The van der Waals surface area contributed by atoms with Crippen molar-refractivity contribution in [1.82, 2.24) is 0 Å². The number of carboxylic acids is 3. The first-order valence-electron chi connectivity index (χ1n) is 12.0. The summed E-state index contributed by atoms with van der Waals surface area (Å²) in [4.78, 5) is 34.1. The second kappa shape index (κ2) is 24.7. The standard InChI is InChI=1S/C25H39NO6.3Na.3H/c1-2-3-4-5-6-7-8-9-10-11-12-13-14-15-16-26-19-17-20(23(27)28)22(25(31)32)21(18-19)24(29)30;;;;;;/h17-18,26H,2-16H2,1H3,(H,27,28)(H,29,30)(H,31,32);;;;;;/q;3*+1;3*-1. The molecule has 0 heterocycles. The molecule has 0 aromatic heterocycles. The number of nitrogens with one attached hydrogen (secondary N) is 1. The van der Waals surface area contributed by atoms with Crippen LogP contribution in [0.1, 0.15) is 132 Å². The largest absolute Gasteiger partial charge is 1.00 e. The molecule has 4 N–H and O–H groups in total. The van der Waals surface area contributed by atoms with E-state index in [1.807, 2.05) is 0 Å². The van der Waals surface area contributed by atoms with Crippen molar-refractivity contribution in [2.24, 2.45) is 0 Å². The zero-order valence-corrected chi connectivity index (χ0v) is 28.3. The van der Waals surface area contributed by atoms with Gasteiger partial charge in [-0.25, -0.2) is 14.4 Å². The van der Waals surface area contributed by atoms with Crippen LogP contribution in [0.15, 0.2) is 12.1 Å². The van der Waals surface area contributed by atoms with Gasteiger partial charge < -0.3 is 24.9 Å². The van der Waals surface area contributed by atoms with Gasteiger partial charge in [0.1, 0.15) is 0 Å². The topological polar surface area (TPSA) is 124 Å². The number of hydrogen-bond donors (Lipinski definition) is 4. The number of hydrogen-bond acceptors (Lipinski definition) is 4. The molecule has 0 fully saturated rings. The van der Waals surface area contributed by atoms with Crippen LogP contribution < -0.4 is 94.0 Å². The van der Waals surface area contributed by atoms with E-state index in [0.717, 1.165) is 19.3 Å². The fraction of sp³-hybridized carbons (Fsp3) is 0.640. The molecule has 10 heteroatoms. The van der Waals surface area contributed by atoms with Gasteiger partial charge in [-0.2, -0.15) is 0 Å². The fourth-order valence-corrected chi connectivity index (χ4v) is 3.86. The first kappa shape index (κ1) is 39.9. The summed E-state index contributed by atoms with van der Waals surface area (Å²) in [5, 5.41) is 30.8. The van der Waals surface area contributed by atoms with Crippen LogP contribution in [-0.4, -0.2) is 39.8 Å². The van der Waals surface area contributed by atoms with Gasteiger partial charge in [-0.15, -0.1) is 0 Å². The van der Waals surface area contributed by atoms with Crippen LogP contribution in [0.4, 0.5) is 5.69 Å². The molecule has 1 aromatic rings. The van der Waals surface area contributed by atoms with Crippen LogP contribution in [0.3, 0.4) is 0 Å². The Morgan fingerprint density at radius 2 is 0.971 bits per heavy atom. The van der Waals surface area contributed by atoms with Gasteiger partial charge in [-0.1, -0.05) is 90.4 Å². The maximum absolute atomic E-state index is 11.4. The molecule has 0 unspecified atom stereocenters. The predicted molar refractivity (Wildman–Crippen MR) is 129 cm³/mol. The molecule has 0 saturated heterocycles. The van der Waals surface area contributed by atoms with E-state index < -0.39 is 34.6 Å². The Morgan fingerprint density at radius 3 is 1.29 bits per heavy atom. The van der Waals surface area contributed by atoms with Crippen LogP contribution in [0.25, 0.3) is 0 Å². The number of carboxylic acid groups (broad SMARTS) is 3. The van der Waals surface area contributed by atoms with Crippen LogP contribution >= 0.6 is 0 Å². The van der Waals surface area contributed by atoms with E-state index in [0.29, 0.717) is 12.2 Å². The van der Waals surface area contributed by atoms with Crippen molar-refractivity contribution in [3.05, 3.63) is 28.8 Å². The van der Waals surface area contributed by atoms with Gasteiger partial charge in [0, 0.05) is 12.2 Å². The van der Waals surface area contributed by atoms with Gasteiger partial charge in [-0.3, -0.25) is 0 Å². The van der Waals surface area contributed by atoms with Crippen LogP contribution in [0.5, 0.6) is 0 Å². The summed E-state index contributed by atoms with van der Waals surface area (Å²) in [6, 6.07) is 2.37. The third-order valence-electron chi connectivity index (χ3n) is 5.67. The van der Waals surface area contributed by atoms with Gasteiger partial charge in [0.15, 0.2) is 0 Å². The average molecular weight is 522 g/mol. The Labute approximate surface area is 280 Å². The third kappa shape index (κ3) is 17.5. The molecule has 0 amide bonds. The SMILES string of the molecule is CCCCCCCCCCCCCCCCNc1cc(C(=O)O)c(C(=O)O)c(C(=O)O)c1.[H-].[H-].[H-].[Na+].[Na+].[Na+]. The maximum Gasteiger partial charge on any atom is 1.00 e. The number of rotatable bonds is 19. The van der Waals surface area contributed by atoms with Crippen LogP contribution in [-0.2, 0) is 0 Å². The van der Waals surface area contributed by atoms with E-state index in [4.69, 9.17) is 0 Å². The molecule has 1 aromatic carbocycles. The number of anilines is 1. The Morgan fingerprint density at radius 1 is 0.629 bits per heavy atom. The zero-order chi connectivity index (χ0) is 23.8. The molecule has 1 rings (SSSR count). The van der Waals surface area contributed by atoms with Crippen LogP contribution in [0.2, 0.25) is 0 Å². The average Bonchev–Trinajstić information content (AvgIpc) is 2.75. The van der Waals surface area contributed by atoms with Gasteiger partial charge in [0.2, 0.25) is 0 Å². The van der Waals surface area contributed by atoms with E-state index in [2.05, 4.69) is 12.2 Å². The molecule has 0 radical (unpaired) electrons. The van der Waals surface area contributed by atoms with Gasteiger partial charge >= 0.3 is 107 Å². The van der Waals surface area contributed by atoms with E-state index in [1.165, 1.54) is 82.8 Å². The van der Waals surface area contributed by atoms with Gasteiger partial charge in [0.05, 0.1) is 16.7 Å². The van der Waals surface area contributed by atoms with Crippen molar-refractivity contribution < 1.29 is 123 Å². The Bertz CT molecular complexity index is 726. The molecule has 7 nitrogen and oxygen atoms in total. The van der Waals surface area contributed by atoms with Crippen molar-refractivity contribution in [2.75, 3.05) is 11.9 Å². The first-order chi connectivity index (χ1) is 15.4. The van der Waals surface area contributed by atoms with E-state index in [-0.39, 0.29) is 93.0 Å². The monoisotopic (exact) mass is 521 g/mol. The summed E-state index contributed by atoms with van der Waals surface area (Å²) < 4.78 is 0. The minimum absolute atomic E-state index is 0. The summed E-state index contributed by atoms with van der Waals surface area (Å²) in [7, 11) is 0. The Balaban J connectivity index is -0.000000427. The Hall–Kier alpha value is 0.430. The van der Waals surface area contributed by atoms with Gasteiger partial charge in [-0.05, 0) is 18.6 Å². The predicted octanol–water partition coefficient (Wildman–Crippen LogP) is -1.98. The molecule has 0 spiro atoms. The summed E-state index contributed by atoms with van der Waals surface area (Å²) in [5.74, 6) is -4.51. The van der Waals surface area contributed by atoms with Crippen LogP contribution in [0, 0.1) is 0 Å². The molecule has 0 aliphatic heterocycles. The number of unbranched alkanes of at least 4 members (excludes halogenated alkanes) is 13. The molecule has 35 heavy (non-hydrogen) atoms.